The second-order valence-electron chi connectivity index (χ2n) is 4.93. The van der Waals surface area contributed by atoms with Crippen LogP contribution in [0.5, 0.6) is 0 Å². The summed E-state index contributed by atoms with van der Waals surface area (Å²) in [5, 5.41) is 11.8. The lowest BCUT2D eigenvalue weighted by Gasteiger charge is -2.01. The van der Waals surface area contributed by atoms with Crippen molar-refractivity contribution in [1.82, 2.24) is 0 Å². The lowest BCUT2D eigenvalue weighted by Crippen LogP contribution is -2.38. The lowest BCUT2D eigenvalue weighted by atomic mass is 10.1. The zero-order chi connectivity index (χ0) is 15.5. The minimum atomic E-state index is -0.498. The SMILES string of the molecule is Br.O=C(C[n+]1cccc2ccccc21)c1cccc([N+](=O)[O-])c1. The van der Waals surface area contributed by atoms with Gasteiger partial charge in [0.2, 0.25) is 17.8 Å². The van der Waals surface area contributed by atoms with Gasteiger partial charge >= 0.3 is 0 Å². The van der Waals surface area contributed by atoms with E-state index in [0.29, 0.717) is 5.56 Å². The van der Waals surface area contributed by atoms with E-state index in [1.165, 1.54) is 18.2 Å². The van der Waals surface area contributed by atoms with Crippen LogP contribution in [0.2, 0.25) is 0 Å². The number of nitrogens with zero attached hydrogens (tertiary/aromatic N) is 2. The molecule has 0 amide bonds. The fraction of sp³-hybridized carbons (Fsp3) is 0.0588. The van der Waals surface area contributed by atoms with Crippen molar-refractivity contribution in [3.8, 4) is 0 Å². The van der Waals surface area contributed by atoms with Gasteiger partial charge < -0.3 is 0 Å². The Hall–Kier alpha value is -2.60. The van der Waals surface area contributed by atoms with Crippen molar-refractivity contribution < 1.29 is 14.3 Å². The van der Waals surface area contributed by atoms with Gasteiger partial charge in [-0.1, -0.05) is 24.3 Å². The molecule has 0 saturated heterocycles. The van der Waals surface area contributed by atoms with E-state index in [0.717, 1.165) is 10.9 Å². The fourth-order valence-electron chi connectivity index (χ4n) is 2.40. The number of nitro benzene ring substituents is 1. The monoisotopic (exact) mass is 373 g/mol. The summed E-state index contributed by atoms with van der Waals surface area (Å²) in [6, 6.07) is 17.4. The first-order chi connectivity index (χ1) is 10.6. The molecule has 3 rings (SSSR count). The number of ketones is 1. The molecule has 5 nitrogen and oxygen atoms in total. The molecule has 0 bridgehead atoms. The Morgan fingerprint density at radius 2 is 1.78 bits per heavy atom. The molecule has 0 unspecified atom stereocenters. The van der Waals surface area contributed by atoms with E-state index in [-0.39, 0.29) is 35.0 Å². The maximum absolute atomic E-state index is 12.4. The number of hydrogen-bond acceptors (Lipinski definition) is 3. The number of hydrogen-bond donors (Lipinski definition) is 0. The number of halogens is 1. The lowest BCUT2D eigenvalue weighted by molar-refractivity contribution is -0.657. The topological polar surface area (TPSA) is 64.1 Å². The van der Waals surface area contributed by atoms with Crippen molar-refractivity contribution in [3.63, 3.8) is 0 Å². The van der Waals surface area contributed by atoms with E-state index in [1.807, 2.05) is 47.2 Å². The highest BCUT2D eigenvalue weighted by molar-refractivity contribution is 8.93. The number of benzene rings is 2. The van der Waals surface area contributed by atoms with Gasteiger partial charge in [-0.3, -0.25) is 14.9 Å². The number of para-hydroxylation sites is 1. The third-order valence-electron chi connectivity index (χ3n) is 3.48. The predicted molar refractivity (Wildman–Crippen MR) is 91.9 cm³/mol. The number of pyridine rings is 1. The number of rotatable bonds is 4. The standard InChI is InChI=1S/C17H13N2O3.BrH/c20-17(14-6-3-8-15(11-14)19(21)22)12-18-10-4-7-13-5-1-2-9-16(13)18;/h1-11H,12H2;1H/q+1;. The minimum absolute atomic E-state index is 0. The molecule has 0 spiro atoms. The Bertz CT molecular complexity index is 875. The molecular formula is C17H14BrN2O3+. The summed E-state index contributed by atoms with van der Waals surface area (Å²) in [5.74, 6) is -0.162. The number of nitro groups is 1. The summed E-state index contributed by atoms with van der Waals surface area (Å²) in [4.78, 5) is 22.7. The van der Waals surface area contributed by atoms with Crippen molar-refractivity contribution in [2.24, 2.45) is 0 Å². The smallest absolute Gasteiger partial charge is 0.270 e. The Morgan fingerprint density at radius 1 is 1.04 bits per heavy atom. The zero-order valence-electron chi connectivity index (χ0n) is 12.1. The average molecular weight is 374 g/mol. The number of aromatic nitrogens is 1. The molecule has 1 aromatic heterocycles. The number of non-ortho nitro benzene ring substituents is 1. The molecule has 0 fully saturated rings. The molecule has 0 N–H and O–H groups in total. The molecule has 116 valence electrons. The molecule has 1 heterocycles. The van der Waals surface area contributed by atoms with Crippen LogP contribution in [-0.2, 0) is 6.54 Å². The number of carbonyl (C=O) groups is 1. The second kappa shape index (κ2) is 7.11. The zero-order valence-corrected chi connectivity index (χ0v) is 13.8. The van der Waals surface area contributed by atoms with Crippen LogP contribution < -0.4 is 4.57 Å². The van der Waals surface area contributed by atoms with Crippen LogP contribution >= 0.6 is 17.0 Å². The molecule has 2 aromatic carbocycles. The van der Waals surface area contributed by atoms with Gasteiger partial charge in [0.05, 0.1) is 4.92 Å². The Morgan fingerprint density at radius 3 is 2.57 bits per heavy atom. The maximum atomic E-state index is 12.4. The maximum Gasteiger partial charge on any atom is 0.270 e. The van der Waals surface area contributed by atoms with Gasteiger partial charge in [-0.25, -0.2) is 0 Å². The average Bonchev–Trinajstić information content (AvgIpc) is 2.55. The summed E-state index contributed by atoms with van der Waals surface area (Å²) in [6.45, 7) is 0.141. The molecule has 0 atom stereocenters. The summed E-state index contributed by atoms with van der Waals surface area (Å²) in [5.41, 5.74) is 1.21. The Balaban J connectivity index is 0.00000192. The third-order valence-corrected chi connectivity index (χ3v) is 3.48. The van der Waals surface area contributed by atoms with Gasteiger partial charge in [-0.05, 0) is 12.1 Å². The van der Waals surface area contributed by atoms with E-state index >= 15 is 0 Å². The normalized spacial score (nSPS) is 10.1. The van der Waals surface area contributed by atoms with Crippen molar-refractivity contribution in [2.45, 2.75) is 6.54 Å². The van der Waals surface area contributed by atoms with E-state index in [9.17, 15) is 14.9 Å². The number of fused-ring (bicyclic) bond motifs is 1. The first-order valence-electron chi connectivity index (χ1n) is 6.80. The van der Waals surface area contributed by atoms with Gasteiger partial charge in [0, 0.05) is 35.2 Å². The first kappa shape index (κ1) is 16.8. The summed E-state index contributed by atoms with van der Waals surface area (Å²) < 4.78 is 1.84. The fourth-order valence-corrected chi connectivity index (χ4v) is 2.40. The van der Waals surface area contributed by atoms with Gasteiger partial charge in [0.1, 0.15) is 0 Å². The van der Waals surface area contributed by atoms with E-state index in [2.05, 4.69) is 0 Å². The van der Waals surface area contributed by atoms with Gasteiger partial charge in [0.15, 0.2) is 6.20 Å². The molecule has 0 saturated carbocycles. The predicted octanol–water partition coefficient (Wildman–Crippen LogP) is 3.50. The van der Waals surface area contributed by atoms with Crippen LogP contribution in [0, 0.1) is 10.1 Å². The molecule has 0 radical (unpaired) electrons. The third kappa shape index (κ3) is 3.60. The molecule has 0 aliphatic heterocycles. The molecule has 0 aliphatic rings. The van der Waals surface area contributed by atoms with Crippen LogP contribution in [0.4, 0.5) is 5.69 Å². The molecule has 23 heavy (non-hydrogen) atoms. The Labute approximate surface area is 143 Å². The van der Waals surface area contributed by atoms with Crippen molar-refractivity contribution in [2.75, 3.05) is 0 Å². The van der Waals surface area contributed by atoms with Gasteiger partial charge in [-0.2, -0.15) is 4.57 Å². The summed E-state index contributed by atoms with van der Waals surface area (Å²) in [7, 11) is 0. The van der Waals surface area contributed by atoms with Crippen LogP contribution in [0.1, 0.15) is 10.4 Å². The van der Waals surface area contributed by atoms with Crippen LogP contribution in [0.25, 0.3) is 10.9 Å². The van der Waals surface area contributed by atoms with Gasteiger partial charge in [0.25, 0.3) is 5.69 Å². The number of carbonyl (C=O) groups excluding carboxylic acids is 1. The Kier molecular flexibility index (Phi) is 5.18. The highest BCUT2D eigenvalue weighted by atomic mass is 79.9. The largest absolute Gasteiger partial charge is 0.287 e. The minimum Gasteiger partial charge on any atom is -0.287 e. The van der Waals surface area contributed by atoms with Crippen molar-refractivity contribution in [1.29, 1.82) is 0 Å². The molecular weight excluding hydrogens is 360 g/mol. The summed E-state index contributed by atoms with van der Waals surface area (Å²) in [6.07, 6.45) is 1.83. The first-order valence-corrected chi connectivity index (χ1v) is 6.80. The van der Waals surface area contributed by atoms with Crippen molar-refractivity contribution >= 4 is 39.4 Å². The quantitative estimate of drug-likeness (QED) is 0.304. The van der Waals surface area contributed by atoms with E-state index < -0.39 is 4.92 Å². The highest BCUT2D eigenvalue weighted by Gasteiger charge is 2.17. The molecule has 3 aromatic rings. The number of Topliss-reactive ketones (excluding diaryl/α,β-unsaturated/α-hetero) is 1. The van der Waals surface area contributed by atoms with Crippen LogP contribution in [0.3, 0.4) is 0 Å². The van der Waals surface area contributed by atoms with E-state index in [1.54, 1.807) is 6.07 Å². The molecule has 0 aliphatic carbocycles. The second-order valence-corrected chi connectivity index (χ2v) is 4.93. The molecule has 6 heteroatoms. The highest BCUT2D eigenvalue weighted by Crippen LogP contribution is 2.14. The summed E-state index contributed by atoms with van der Waals surface area (Å²) >= 11 is 0. The van der Waals surface area contributed by atoms with Crippen molar-refractivity contribution in [3.05, 3.63) is 82.5 Å². The van der Waals surface area contributed by atoms with Crippen LogP contribution in [-0.4, -0.2) is 10.7 Å². The van der Waals surface area contributed by atoms with Gasteiger partial charge in [-0.15, -0.1) is 17.0 Å². The van der Waals surface area contributed by atoms with Crippen LogP contribution in [0.15, 0.2) is 66.9 Å². The van der Waals surface area contributed by atoms with E-state index in [4.69, 9.17) is 0 Å².